The van der Waals surface area contributed by atoms with Gasteiger partial charge in [0, 0.05) is 19.1 Å². The molecule has 3 rings (SSSR count). The summed E-state index contributed by atoms with van der Waals surface area (Å²) in [5.41, 5.74) is 5.67. The normalized spacial score (nSPS) is 23.6. The van der Waals surface area contributed by atoms with E-state index in [2.05, 4.69) is 4.72 Å². The summed E-state index contributed by atoms with van der Waals surface area (Å²) in [5.74, 6) is 0.314. The fourth-order valence-corrected chi connectivity index (χ4v) is 4.64. The molecule has 0 aromatic heterocycles. The largest absolute Gasteiger partial charge is 0.369 e. The van der Waals surface area contributed by atoms with Gasteiger partial charge in [-0.15, -0.1) is 12.4 Å². The number of nitriles is 1. The quantitative estimate of drug-likeness (QED) is 0.738. The van der Waals surface area contributed by atoms with E-state index in [9.17, 15) is 13.2 Å². The van der Waals surface area contributed by atoms with Crippen molar-refractivity contribution in [1.82, 2.24) is 9.62 Å². The number of amides is 1. The van der Waals surface area contributed by atoms with Crippen LogP contribution >= 0.6 is 12.4 Å². The lowest BCUT2D eigenvalue weighted by molar-refractivity contribution is -0.118. The Bertz CT molecular complexity index is 772. The van der Waals surface area contributed by atoms with Crippen molar-refractivity contribution in [2.75, 3.05) is 19.6 Å². The van der Waals surface area contributed by atoms with Crippen LogP contribution < -0.4 is 10.5 Å². The van der Waals surface area contributed by atoms with Crippen LogP contribution in [0, 0.1) is 23.2 Å². The molecule has 1 aliphatic carbocycles. The van der Waals surface area contributed by atoms with Crippen molar-refractivity contribution >= 4 is 28.3 Å². The zero-order valence-electron chi connectivity index (χ0n) is 13.6. The van der Waals surface area contributed by atoms with E-state index >= 15 is 0 Å². The summed E-state index contributed by atoms with van der Waals surface area (Å²) in [6.45, 7) is 1.33. The highest BCUT2D eigenvalue weighted by atomic mass is 35.5. The predicted octanol–water partition coefficient (Wildman–Crippen LogP) is 0.454. The van der Waals surface area contributed by atoms with Gasteiger partial charge in [0.15, 0.2) is 0 Å². The first-order valence-electron chi connectivity index (χ1n) is 7.92. The second-order valence-electron chi connectivity index (χ2n) is 6.53. The molecule has 25 heavy (non-hydrogen) atoms. The third-order valence-corrected chi connectivity index (χ3v) is 6.15. The standard InChI is InChI=1S/C16H20N4O3S.ClH/c17-7-11-1-5-13(6-2-11)24(22,23)19-15-9-20(10-16(18)21)8-14(15)12-3-4-12;/h1-2,5-6,12,14-15,19H,3-4,8-10H2,(H2,18,21);1H/t14-,15+;/m1./s1. The van der Waals surface area contributed by atoms with Crippen LogP contribution in [0.2, 0.25) is 0 Å². The van der Waals surface area contributed by atoms with Crippen LogP contribution in [0.3, 0.4) is 0 Å². The SMILES string of the molecule is Cl.N#Cc1ccc(S(=O)(=O)N[C@H]2CN(CC(N)=O)C[C@@H]2C2CC2)cc1. The molecule has 0 spiro atoms. The maximum atomic E-state index is 12.6. The zero-order chi connectivity index (χ0) is 17.3. The maximum Gasteiger partial charge on any atom is 0.240 e. The number of nitrogens with two attached hydrogens (primary N) is 1. The Morgan fingerprint density at radius 3 is 2.44 bits per heavy atom. The molecule has 2 aliphatic rings. The molecular formula is C16H21ClN4O3S. The highest BCUT2D eigenvalue weighted by molar-refractivity contribution is 7.89. The number of rotatable bonds is 6. The highest BCUT2D eigenvalue weighted by Crippen LogP contribution is 2.41. The average molecular weight is 385 g/mol. The molecule has 1 aliphatic heterocycles. The van der Waals surface area contributed by atoms with Crippen molar-refractivity contribution in [3.05, 3.63) is 29.8 Å². The van der Waals surface area contributed by atoms with E-state index < -0.39 is 15.9 Å². The number of likely N-dealkylation sites (tertiary alicyclic amines) is 1. The Kier molecular flexibility index (Phi) is 6.06. The number of nitrogens with one attached hydrogen (secondary N) is 1. The van der Waals surface area contributed by atoms with E-state index in [1.54, 1.807) is 0 Å². The molecule has 136 valence electrons. The minimum atomic E-state index is -3.66. The molecule has 1 aromatic rings. The second kappa shape index (κ2) is 7.70. The van der Waals surface area contributed by atoms with Gasteiger partial charge in [0.1, 0.15) is 0 Å². The van der Waals surface area contributed by atoms with E-state index in [-0.39, 0.29) is 35.8 Å². The number of benzene rings is 1. The molecule has 9 heteroatoms. The van der Waals surface area contributed by atoms with Crippen molar-refractivity contribution in [3.8, 4) is 6.07 Å². The van der Waals surface area contributed by atoms with Crippen LogP contribution in [0.15, 0.2) is 29.2 Å². The molecule has 0 bridgehead atoms. The predicted molar refractivity (Wildman–Crippen MR) is 94.4 cm³/mol. The second-order valence-corrected chi connectivity index (χ2v) is 8.24. The number of nitrogens with zero attached hydrogens (tertiary/aromatic N) is 2. The Balaban J connectivity index is 0.00000225. The molecule has 1 saturated heterocycles. The lowest BCUT2D eigenvalue weighted by Gasteiger charge is -2.19. The third-order valence-electron chi connectivity index (χ3n) is 4.65. The van der Waals surface area contributed by atoms with Crippen molar-refractivity contribution in [2.45, 2.75) is 23.8 Å². The minimum absolute atomic E-state index is 0. The minimum Gasteiger partial charge on any atom is -0.369 e. The lowest BCUT2D eigenvalue weighted by atomic mass is 9.99. The van der Waals surface area contributed by atoms with Gasteiger partial charge < -0.3 is 5.73 Å². The molecule has 1 aromatic carbocycles. The first-order chi connectivity index (χ1) is 11.4. The number of halogens is 1. The number of hydrogen-bond acceptors (Lipinski definition) is 5. The molecule has 2 fully saturated rings. The summed E-state index contributed by atoms with van der Waals surface area (Å²) in [6, 6.07) is 7.58. The first-order valence-corrected chi connectivity index (χ1v) is 9.40. The van der Waals surface area contributed by atoms with Crippen LogP contribution in [0.4, 0.5) is 0 Å². The van der Waals surface area contributed by atoms with Gasteiger partial charge in [-0.3, -0.25) is 9.69 Å². The summed E-state index contributed by atoms with van der Waals surface area (Å²) >= 11 is 0. The smallest absolute Gasteiger partial charge is 0.240 e. The lowest BCUT2D eigenvalue weighted by Crippen LogP contribution is -2.41. The molecule has 1 heterocycles. The van der Waals surface area contributed by atoms with Gasteiger partial charge in [0.2, 0.25) is 15.9 Å². The highest BCUT2D eigenvalue weighted by Gasteiger charge is 2.44. The van der Waals surface area contributed by atoms with Gasteiger partial charge >= 0.3 is 0 Å². The average Bonchev–Trinajstić information content (AvgIpc) is 3.30. The summed E-state index contributed by atoms with van der Waals surface area (Å²) in [5, 5.41) is 8.81. The van der Waals surface area contributed by atoms with E-state index in [0.717, 1.165) is 12.8 Å². The van der Waals surface area contributed by atoms with E-state index in [4.69, 9.17) is 11.0 Å². The molecule has 1 amide bonds. The Labute approximate surface area is 153 Å². The molecule has 0 unspecified atom stereocenters. The van der Waals surface area contributed by atoms with Crippen molar-refractivity contribution in [3.63, 3.8) is 0 Å². The van der Waals surface area contributed by atoms with Crippen molar-refractivity contribution in [1.29, 1.82) is 5.26 Å². The number of primary amides is 1. The molecule has 1 saturated carbocycles. The fraction of sp³-hybridized carbons (Fsp3) is 0.500. The van der Waals surface area contributed by atoms with Crippen LogP contribution in [0.25, 0.3) is 0 Å². The number of sulfonamides is 1. The molecule has 2 atom stereocenters. The number of carbonyl (C=O) groups is 1. The van der Waals surface area contributed by atoms with Gasteiger partial charge in [-0.2, -0.15) is 5.26 Å². The van der Waals surface area contributed by atoms with Gasteiger partial charge in [0.05, 0.1) is 23.1 Å². The Hall–Kier alpha value is -1.66. The summed E-state index contributed by atoms with van der Waals surface area (Å²) in [7, 11) is -3.66. The first kappa shape index (κ1) is 19.7. The molecule has 7 nitrogen and oxygen atoms in total. The molecule has 3 N–H and O–H groups in total. The van der Waals surface area contributed by atoms with Gasteiger partial charge in [0.25, 0.3) is 0 Å². The third kappa shape index (κ3) is 4.70. The molecule has 0 radical (unpaired) electrons. The number of hydrogen-bond donors (Lipinski definition) is 2. The summed E-state index contributed by atoms with van der Waals surface area (Å²) in [4.78, 5) is 13.2. The fourth-order valence-electron chi connectivity index (χ4n) is 3.37. The Morgan fingerprint density at radius 2 is 1.92 bits per heavy atom. The van der Waals surface area contributed by atoms with Crippen LogP contribution in [-0.2, 0) is 14.8 Å². The summed E-state index contributed by atoms with van der Waals surface area (Å²) < 4.78 is 28.0. The van der Waals surface area contributed by atoms with Crippen LogP contribution in [0.5, 0.6) is 0 Å². The monoisotopic (exact) mass is 384 g/mol. The van der Waals surface area contributed by atoms with Gasteiger partial charge in [-0.05, 0) is 48.9 Å². The van der Waals surface area contributed by atoms with Crippen molar-refractivity contribution in [2.24, 2.45) is 17.6 Å². The zero-order valence-corrected chi connectivity index (χ0v) is 15.2. The summed E-state index contributed by atoms with van der Waals surface area (Å²) in [6.07, 6.45) is 2.20. The Morgan fingerprint density at radius 1 is 1.28 bits per heavy atom. The van der Waals surface area contributed by atoms with E-state index in [1.165, 1.54) is 24.3 Å². The maximum absolute atomic E-state index is 12.6. The molecular weight excluding hydrogens is 364 g/mol. The van der Waals surface area contributed by atoms with E-state index in [1.807, 2.05) is 11.0 Å². The number of carbonyl (C=O) groups excluding carboxylic acids is 1. The van der Waals surface area contributed by atoms with E-state index in [0.29, 0.717) is 24.6 Å². The van der Waals surface area contributed by atoms with Crippen molar-refractivity contribution < 1.29 is 13.2 Å². The van der Waals surface area contributed by atoms with Gasteiger partial charge in [-0.1, -0.05) is 0 Å². The van der Waals surface area contributed by atoms with Gasteiger partial charge in [-0.25, -0.2) is 13.1 Å². The van der Waals surface area contributed by atoms with Crippen LogP contribution in [0.1, 0.15) is 18.4 Å². The van der Waals surface area contributed by atoms with Crippen LogP contribution in [-0.4, -0.2) is 44.9 Å². The topological polar surface area (TPSA) is 116 Å².